The van der Waals surface area contributed by atoms with Crippen LogP contribution in [0.1, 0.15) is 44.2 Å². The van der Waals surface area contributed by atoms with E-state index in [-0.39, 0.29) is 24.0 Å². The molecule has 0 aromatic heterocycles. The summed E-state index contributed by atoms with van der Waals surface area (Å²) in [5.74, 6) is 0.921. The molecular weight excluding hydrogens is 389 g/mol. The fourth-order valence-electron chi connectivity index (χ4n) is 2.08. The third kappa shape index (κ3) is 6.96. The topological polar surface area (TPSA) is 45.6 Å². The van der Waals surface area contributed by atoms with Gasteiger partial charge in [-0.15, -0.1) is 24.0 Å². The molecular formula is C17H28IN3O. The van der Waals surface area contributed by atoms with Gasteiger partial charge in [0.05, 0.1) is 13.2 Å². The maximum absolute atomic E-state index is 5.66. The first-order valence-corrected chi connectivity index (χ1v) is 8.02. The summed E-state index contributed by atoms with van der Waals surface area (Å²) in [5.41, 5.74) is 2.47. The van der Waals surface area contributed by atoms with Crippen molar-refractivity contribution in [2.75, 3.05) is 13.2 Å². The smallest absolute Gasteiger partial charge is 0.191 e. The minimum absolute atomic E-state index is 0. The van der Waals surface area contributed by atoms with Crippen LogP contribution in [-0.2, 0) is 17.9 Å². The minimum atomic E-state index is 0. The van der Waals surface area contributed by atoms with E-state index in [9.17, 15) is 0 Å². The van der Waals surface area contributed by atoms with Crippen LogP contribution < -0.4 is 10.6 Å². The molecule has 0 bridgehead atoms. The lowest BCUT2D eigenvalue weighted by atomic mass is 10.1. The van der Waals surface area contributed by atoms with E-state index in [1.807, 2.05) is 0 Å². The normalized spacial score (nSPS) is 14.4. The van der Waals surface area contributed by atoms with E-state index in [2.05, 4.69) is 48.7 Å². The first kappa shape index (κ1) is 19.2. The number of halogens is 1. The van der Waals surface area contributed by atoms with Crippen molar-refractivity contribution in [1.29, 1.82) is 0 Å². The van der Waals surface area contributed by atoms with E-state index in [1.165, 1.54) is 24.0 Å². The van der Waals surface area contributed by atoms with E-state index in [4.69, 9.17) is 9.73 Å². The van der Waals surface area contributed by atoms with E-state index in [1.54, 1.807) is 0 Å². The van der Waals surface area contributed by atoms with Gasteiger partial charge in [0, 0.05) is 19.2 Å². The van der Waals surface area contributed by atoms with Crippen LogP contribution in [-0.4, -0.2) is 25.2 Å². The van der Waals surface area contributed by atoms with E-state index >= 15 is 0 Å². The van der Waals surface area contributed by atoms with Crippen LogP contribution in [0, 0.1) is 0 Å². The summed E-state index contributed by atoms with van der Waals surface area (Å²) in [6, 6.07) is 9.00. The van der Waals surface area contributed by atoms with E-state index in [0.29, 0.717) is 19.2 Å². The molecule has 0 saturated heterocycles. The summed E-state index contributed by atoms with van der Waals surface area (Å²) in [4.78, 5) is 4.69. The number of nitrogens with zero attached hydrogens (tertiary/aromatic N) is 1. The third-order valence-electron chi connectivity index (χ3n) is 3.39. The van der Waals surface area contributed by atoms with Gasteiger partial charge in [0.15, 0.2) is 5.96 Å². The third-order valence-corrected chi connectivity index (χ3v) is 3.39. The Balaban J connectivity index is 0.00000242. The minimum Gasteiger partial charge on any atom is -0.377 e. The number of ether oxygens (including phenoxy) is 1. The summed E-state index contributed by atoms with van der Waals surface area (Å²) in [5, 5.41) is 6.75. The number of aliphatic imine (C=N–C) groups is 1. The van der Waals surface area contributed by atoms with Crippen molar-refractivity contribution in [2.45, 2.75) is 52.3 Å². The molecule has 0 heterocycles. The monoisotopic (exact) mass is 417 g/mol. The molecule has 1 aromatic rings. The summed E-state index contributed by atoms with van der Waals surface area (Å²) in [7, 11) is 0. The predicted molar refractivity (Wildman–Crippen MR) is 103 cm³/mol. The molecule has 2 N–H and O–H groups in total. The Hall–Kier alpha value is -0.820. The first-order chi connectivity index (χ1) is 10.3. The zero-order chi connectivity index (χ0) is 14.9. The number of nitrogens with one attached hydrogen (secondary N) is 2. The highest BCUT2D eigenvalue weighted by Gasteiger charge is 2.22. The Bertz CT molecular complexity index is 461. The van der Waals surface area contributed by atoms with Crippen LogP contribution >= 0.6 is 24.0 Å². The molecule has 1 aliphatic carbocycles. The van der Waals surface area contributed by atoms with Crippen molar-refractivity contribution in [2.24, 2.45) is 4.99 Å². The number of hydrogen-bond acceptors (Lipinski definition) is 2. The Kier molecular flexibility index (Phi) is 9.47. The van der Waals surface area contributed by atoms with Gasteiger partial charge in [0.1, 0.15) is 0 Å². The Labute approximate surface area is 151 Å². The molecule has 0 radical (unpaired) electrons. The fourth-order valence-corrected chi connectivity index (χ4v) is 2.08. The first-order valence-electron chi connectivity index (χ1n) is 8.02. The van der Waals surface area contributed by atoms with Crippen molar-refractivity contribution in [3.63, 3.8) is 0 Å². The van der Waals surface area contributed by atoms with Gasteiger partial charge < -0.3 is 15.4 Å². The summed E-state index contributed by atoms with van der Waals surface area (Å²) >= 11 is 0. The zero-order valence-corrected chi connectivity index (χ0v) is 15.9. The van der Waals surface area contributed by atoms with Crippen molar-refractivity contribution in [3.05, 3.63) is 35.4 Å². The summed E-state index contributed by atoms with van der Waals surface area (Å²) in [6.45, 7) is 7.28. The lowest BCUT2D eigenvalue weighted by Crippen LogP contribution is -2.38. The molecule has 0 atom stereocenters. The van der Waals surface area contributed by atoms with Crippen LogP contribution in [0.15, 0.2) is 29.3 Å². The van der Waals surface area contributed by atoms with Crippen LogP contribution in [0.4, 0.5) is 0 Å². The predicted octanol–water partition coefficient (Wildman–Crippen LogP) is 3.45. The van der Waals surface area contributed by atoms with Gasteiger partial charge in [-0.05, 0) is 37.3 Å². The second-order valence-corrected chi connectivity index (χ2v) is 5.44. The van der Waals surface area contributed by atoms with Gasteiger partial charge in [0.2, 0.25) is 0 Å². The average Bonchev–Trinajstić information content (AvgIpc) is 3.30. The lowest BCUT2D eigenvalue weighted by Gasteiger charge is -2.12. The Morgan fingerprint density at radius 3 is 2.59 bits per heavy atom. The van der Waals surface area contributed by atoms with Crippen molar-refractivity contribution < 1.29 is 4.74 Å². The molecule has 1 saturated carbocycles. The van der Waals surface area contributed by atoms with Crippen molar-refractivity contribution >= 4 is 29.9 Å². The summed E-state index contributed by atoms with van der Waals surface area (Å²) in [6.07, 6.45) is 3.56. The van der Waals surface area contributed by atoms with Crippen molar-refractivity contribution in [3.8, 4) is 0 Å². The molecule has 2 rings (SSSR count). The van der Waals surface area contributed by atoms with Gasteiger partial charge in [-0.25, -0.2) is 4.99 Å². The quantitative estimate of drug-likeness (QED) is 0.295. The van der Waals surface area contributed by atoms with Crippen LogP contribution in [0.3, 0.4) is 0 Å². The molecule has 1 aliphatic rings. The highest BCUT2D eigenvalue weighted by Crippen LogP contribution is 2.18. The van der Waals surface area contributed by atoms with Crippen LogP contribution in [0.5, 0.6) is 0 Å². The van der Waals surface area contributed by atoms with Gasteiger partial charge in [-0.1, -0.05) is 31.2 Å². The van der Waals surface area contributed by atoms with E-state index < -0.39 is 0 Å². The molecule has 1 aromatic carbocycles. The maximum Gasteiger partial charge on any atom is 0.191 e. The molecule has 0 spiro atoms. The second-order valence-electron chi connectivity index (χ2n) is 5.44. The molecule has 1 fully saturated rings. The van der Waals surface area contributed by atoms with Gasteiger partial charge in [-0.2, -0.15) is 0 Å². The van der Waals surface area contributed by atoms with E-state index in [0.717, 1.165) is 25.5 Å². The molecule has 0 amide bonds. The number of guanidine groups is 1. The van der Waals surface area contributed by atoms with Crippen LogP contribution in [0.2, 0.25) is 0 Å². The fraction of sp³-hybridized carbons (Fsp3) is 0.588. The Morgan fingerprint density at radius 1 is 1.23 bits per heavy atom. The molecule has 0 unspecified atom stereocenters. The highest BCUT2D eigenvalue weighted by molar-refractivity contribution is 14.0. The number of rotatable bonds is 8. The largest absolute Gasteiger partial charge is 0.377 e. The lowest BCUT2D eigenvalue weighted by molar-refractivity contribution is 0.121. The average molecular weight is 417 g/mol. The summed E-state index contributed by atoms with van der Waals surface area (Å²) < 4.78 is 5.66. The maximum atomic E-state index is 5.66. The van der Waals surface area contributed by atoms with Crippen LogP contribution in [0.25, 0.3) is 0 Å². The van der Waals surface area contributed by atoms with Gasteiger partial charge in [-0.3, -0.25) is 0 Å². The second kappa shape index (κ2) is 10.8. The molecule has 0 aliphatic heterocycles. The highest BCUT2D eigenvalue weighted by atomic mass is 127. The zero-order valence-electron chi connectivity index (χ0n) is 13.6. The van der Waals surface area contributed by atoms with Gasteiger partial charge >= 0.3 is 0 Å². The Morgan fingerprint density at radius 2 is 1.95 bits per heavy atom. The molecule has 5 heteroatoms. The number of hydrogen-bond donors (Lipinski definition) is 2. The number of benzene rings is 1. The molecule has 4 nitrogen and oxygen atoms in total. The molecule has 22 heavy (non-hydrogen) atoms. The van der Waals surface area contributed by atoms with Gasteiger partial charge in [0.25, 0.3) is 0 Å². The van der Waals surface area contributed by atoms with Crippen molar-refractivity contribution in [1.82, 2.24) is 10.6 Å². The molecule has 124 valence electrons. The standard InChI is InChI=1S/C17H27N3O.HI/c1-3-11-21-13-15-8-6-5-7-14(15)12-19-17(18-4-2)20-16-9-10-16;/h5-8,16H,3-4,9-13H2,1-2H3,(H2,18,19,20);1H. The SMILES string of the molecule is CCCOCc1ccccc1CN=C(NCC)NC1CC1.I.